The third-order valence-electron chi connectivity index (χ3n) is 3.86. The lowest BCUT2D eigenvalue weighted by Crippen LogP contribution is -2.03. The topological polar surface area (TPSA) is 39.9 Å². The third kappa shape index (κ3) is 2.52. The van der Waals surface area contributed by atoms with Crippen LogP contribution in [0.4, 0.5) is 13.2 Å². The maximum Gasteiger partial charge on any atom is 0.387 e. The number of alkyl halides is 2. The first-order chi connectivity index (χ1) is 11.1. The summed E-state index contributed by atoms with van der Waals surface area (Å²) < 4.78 is 45.5. The Morgan fingerprint density at radius 1 is 1.17 bits per heavy atom. The number of nitrogens with zero attached hydrogens (tertiary/aromatic N) is 3. The van der Waals surface area contributed by atoms with E-state index >= 15 is 0 Å². The summed E-state index contributed by atoms with van der Waals surface area (Å²) in [6.45, 7) is -2.94. The van der Waals surface area contributed by atoms with Gasteiger partial charge in [-0.05, 0) is 36.6 Å². The lowest BCUT2D eigenvalue weighted by atomic mass is 10.0. The van der Waals surface area contributed by atoms with Gasteiger partial charge in [0, 0.05) is 23.3 Å². The SMILES string of the molecule is Fc1cnccc1-c1ccc(OC(F)F)c2nn(C3CC3)cc12. The van der Waals surface area contributed by atoms with Crippen LogP contribution < -0.4 is 4.74 Å². The Morgan fingerprint density at radius 3 is 2.70 bits per heavy atom. The second-order valence-electron chi connectivity index (χ2n) is 5.45. The Kier molecular flexibility index (Phi) is 3.21. The minimum atomic E-state index is -2.94. The number of pyridine rings is 1. The quantitative estimate of drug-likeness (QED) is 0.724. The van der Waals surface area contributed by atoms with Crippen LogP contribution in [0, 0.1) is 5.82 Å². The molecule has 1 saturated carbocycles. The van der Waals surface area contributed by atoms with Crippen molar-refractivity contribution in [1.82, 2.24) is 14.8 Å². The van der Waals surface area contributed by atoms with Crippen molar-refractivity contribution in [3.8, 4) is 16.9 Å². The summed E-state index contributed by atoms with van der Waals surface area (Å²) in [6.07, 6.45) is 6.37. The maximum atomic E-state index is 14.1. The fraction of sp³-hybridized carbons (Fsp3) is 0.250. The third-order valence-corrected chi connectivity index (χ3v) is 3.86. The molecule has 0 amide bonds. The van der Waals surface area contributed by atoms with E-state index in [1.807, 2.05) is 0 Å². The van der Waals surface area contributed by atoms with Gasteiger partial charge in [-0.1, -0.05) is 0 Å². The van der Waals surface area contributed by atoms with Crippen LogP contribution in [-0.2, 0) is 0 Å². The number of benzene rings is 1. The standard InChI is InChI=1S/C16H12F3N3O/c17-13-7-20-6-5-11(13)10-3-4-14(23-16(18)19)15-12(10)8-22(21-15)9-1-2-9/h3-9,16H,1-2H2. The Morgan fingerprint density at radius 2 is 2.00 bits per heavy atom. The van der Waals surface area contributed by atoms with Crippen molar-refractivity contribution in [2.24, 2.45) is 0 Å². The average Bonchev–Trinajstić information content (AvgIpc) is 3.27. The summed E-state index contributed by atoms with van der Waals surface area (Å²) >= 11 is 0. The molecule has 0 bridgehead atoms. The molecule has 7 heteroatoms. The van der Waals surface area contributed by atoms with Crippen LogP contribution in [0.15, 0.2) is 36.8 Å². The van der Waals surface area contributed by atoms with E-state index in [9.17, 15) is 13.2 Å². The van der Waals surface area contributed by atoms with Gasteiger partial charge in [0.05, 0.1) is 12.2 Å². The van der Waals surface area contributed by atoms with E-state index in [0.717, 1.165) is 19.0 Å². The molecular formula is C16H12F3N3O. The largest absolute Gasteiger partial charge is 0.432 e. The molecule has 0 aliphatic heterocycles. The van der Waals surface area contributed by atoms with Crippen LogP contribution >= 0.6 is 0 Å². The van der Waals surface area contributed by atoms with Gasteiger partial charge in [0.15, 0.2) is 5.75 Å². The van der Waals surface area contributed by atoms with Crippen LogP contribution in [0.1, 0.15) is 18.9 Å². The number of rotatable bonds is 4. The molecular weight excluding hydrogens is 307 g/mol. The van der Waals surface area contributed by atoms with Gasteiger partial charge in [-0.15, -0.1) is 0 Å². The fourth-order valence-electron chi connectivity index (χ4n) is 2.64. The minimum absolute atomic E-state index is 0.00684. The van der Waals surface area contributed by atoms with Crippen molar-refractivity contribution in [1.29, 1.82) is 0 Å². The molecule has 0 unspecified atom stereocenters. The number of aromatic nitrogens is 3. The number of hydrogen-bond donors (Lipinski definition) is 0. The molecule has 3 aromatic rings. The zero-order chi connectivity index (χ0) is 16.0. The van der Waals surface area contributed by atoms with Crippen molar-refractivity contribution >= 4 is 10.9 Å². The molecule has 0 saturated heterocycles. The van der Waals surface area contributed by atoms with E-state index in [-0.39, 0.29) is 11.8 Å². The average molecular weight is 319 g/mol. The second kappa shape index (κ2) is 5.26. The first-order valence-electron chi connectivity index (χ1n) is 7.20. The van der Waals surface area contributed by atoms with Crippen molar-refractivity contribution < 1.29 is 17.9 Å². The summed E-state index contributed by atoms with van der Waals surface area (Å²) in [6, 6.07) is 4.79. The normalized spacial score (nSPS) is 14.6. The van der Waals surface area contributed by atoms with Gasteiger partial charge in [0.2, 0.25) is 0 Å². The van der Waals surface area contributed by atoms with Crippen molar-refractivity contribution in [3.63, 3.8) is 0 Å². The van der Waals surface area contributed by atoms with Gasteiger partial charge in [-0.2, -0.15) is 13.9 Å². The zero-order valence-corrected chi connectivity index (χ0v) is 11.9. The highest BCUT2D eigenvalue weighted by Gasteiger charge is 2.26. The minimum Gasteiger partial charge on any atom is -0.432 e. The summed E-state index contributed by atoms with van der Waals surface area (Å²) in [5.41, 5.74) is 1.24. The highest BCUT2D eigenvalue weighted by atomic mass is 19.3. The second-order valence-corrected chi connectivity index (χ2v) is 5.45. The van der Waals surface area contributed by atoms with Crippen LogP contribution in [0.2, 0.25) is 0 Å². The number of halogens is 3. The number of hydrogen-bond acceptors (Lipinski definition) is 3. The van der Waals surface area contributed by atoms with Gasteiger partial charge in [-0.3, -0.25) is 9.67 Å². The van der Waals surface area contributed by atoms with Crippen LogP contribution in [-0.4, -0.2) is 21.4 Å². The molecule has 0 spiro atoms. The van der Waals surface area contributed by atoms with Crippen LogP contribution in [0.5, 0.6) is 5.75 Å². The summed E-state index contributed by atoms with van der Waals surface area (Å²) in [5.74, 6) is -0.483. The van der Waals surface area contributed by atoms with E-state index in [0.29, 0.717) is 22.0 Å². The van der Waals surface area contributed by atoms with Crippen LogP contribution in [0.3, 0.4) is 0 Å². The van der Waals surface area contributed by atoms with E-state index in [1.54, 1.807) is 23.0 Å². The predicted molar refractivity (Wildman–Crippen MR) is 77.8 cm³/mol. The van der Waals surface area contributed by atoms with Gasteiger partial charge >= 0.3 is 6.61 Å². The fourth-order valence-corrected chi connectivity index (χ4v) is 2.64. The molecule has 4 rings (SSSR count). The highest BCUT2D eigenvalue weighted by molar-refractivity contribution is 5.97. The van der Waals surface area contributed by atoms with E-state index < -0.39 is 12.4 Å². The summed E-state index contributed by atoms with van der Waals surface area (Å²) in [4.78, 5) is 3.73. The van der Waals surface area contributed by atoms with Crippen LogP contribution in [0.25, 0.3) is 22.0 Å². The molecule has 23 heavy (non-hydrogen) atoms. The molecule has 118 valence electrons. The molecule has 1 fully saturated rings. The molecule has 0 atom stereocenters. The van der Waals surface area contributed by atoms with E-state index in [1.165, 1.54) is 12.3 Å². The highest BCUT2D eigenvalue weighted by Crippen LogP contribution is 2.40. The summed E-state index contributed by atoms with van der Waals surface area (Å²) in [7, 11) is 0. The van der Waals surface area contributed by atoms with Crippen molar-refractivity contribution in [2.45, 2.75) is 25.5 Å². The molecule has 4 nitrogen and oxygen atoms in total. The lowest BCUT2D eigenvalue weighted by molar-refractivity contribution is -0.0489. The Labute approximate surface area is 129 Å². The molecule has 2 aromatic heterocycles. The number of ether oxygens (including phenoxy) is 1. The smallest absolute Gasteiger partial charge is 0.387 e. The zero-order valence-electron chi connectivity index (χ0n) is 11.9. The van der Waals surface area contributed by atoms with Gasteiger partial charge < -0.3 is 4.74 Å². The Balaban J connectivity index is 1.93. The van der Waals surface area contributed by atoms with Crippen molar-refractivity contribution in [3.05, 3.63) is 42.6 Å². The number of fused-ring (bicyclic) bond motifs is 1. The monoisotopic (exact) mass is 319 g/mol. The van der Waals surface area contributed by atoms with E-state index in [2.05, 4.69) is 14.8 Å². The first kappa shape index (κ1) is 14.0. The van der Waals surface area contributed by atoms with Gasteiger partial charge in [0.25, 0.3) is 0 Å². The Hall–Kier alpha value is -2.57. The molecule has 1 aliphatic carbocycles. The summed E-state index contributed by atoms with van der Waals surface area (Å²) in [5, 5.41) is 4.95. The maximum absolute atomic E-state index is 14.1. The molecule has 0 radical (unpaired) electrons. The van der Waals surface area contributed by atoms with E-state index in [4.69, 9.17) is 0 Å². The molecule has 0 N–H and O–H groups in total. The Bertz CT molecular complexity index is 874. The molecule has 2 heterocycles. The molecule has 1 aliphatic rings. The van der Waals surface area contributed by atoms with Gasteiger partial charge in [0.1, 0.15) is 11.3 Å². The first-order valence-corrected chi connectivity index (χ1v) is 7.20. The molecule has 1 aromatic carbocycles. The lowest BCUT2D eigenvalue weighted by Gasteiger charge is -2.08. The van der Waals surface area contributed by atoms with Gasteiger partial charge in [-0.25, -0.2) is 4.39 Å². The predicted octanol–water partition coefficient (Wildman–Crippen LogP) is 4.17. The van der Waals surface area contributed by atoms with Crippen molar-refractivity contribution in [2.75, 3.05) is 0 Å².